The smallest absolute Gasteiger partial charge is 0.131 e. The monoisotopic (exact) mass is 316 g/mol. The van der Waals surface area contributed by atoms with Crippen LogP contribution in [0.2, 0.25) is 10.0 Å². The van der Waals surface area contributed by atoms with Crippen molar-refractivity contribution in [3.63, 3.8) is 0 Å². The third kappa shape index (κ3) is 3.29. The maximum Gasteiger partial charge on any atom is 0.131 e. The highest BCUT2D eigenvalue weighted by molar-refractivity contribution is 6.42. The fourth-order valence-electron chi connectivity index (χ4n) is 1.93. The van der Waals surface area contributed by atoms with Gasteiger partial charge in [0.2, 0.25) is 0 Å². The highest BCUT2D eigenvalue weighted by atomic mass is 35.5. The van der Waals surface area contributed by atoms with Crippen molar-refractivity contribution in [2.45, 2.75) is 19.4 Å². The molecule has 2 aromatic carbocycles. The predicted octanol–water partition coefficient (Wildman–Crippen LogP) is 4.86. The molecule has 1 N–H and O–H groups in total. The first-order valence-electron chi connectivity index (χ1n) is 5.96. The van der Waals surface area contributed by atoms with E-state index in [4.69, 9.17) is 23.2 Å². The third-order valence-corrected chi connectivity index (χ3v) is 3.79. The Morgan fingerprint density at radius 1 is 1.05 bits per heavy atom. The van der Waals surface area contributed by atoms with E-state index in [0.717, 1.165) is 6.07 Å². The third-order valence-electron chi connectivity index (χ3n) is 3.05. The molecule has 20 heavy (non-hydrogen) atoms. The molecule has 0 saturated heterocycles. The van der Waals surface area contributed by atoms with Crippen LogP contribution >= 0.6 is 23.2 Å². The van der Waals surface area contributed by atoms with Gasteiger partial charge in [0, 0.05) is 18.1 Å². The van der Waals surface area contributed by atoms with Gasteiger partial charge in [-0.3, -0.25) is 0 Å². The van der Waals surface area contributed by atoms with E-state index < -0.39 is 17.7 Å². The van der Waals surface area contributed by atoms with E-state index in [0.29, 0.717) is 15.6 Å². The second kappa shape index (κ2) is 6.08. The van der Waals surface area contributed by atoms with Crippen molar-refractivity contribution in [2.75, 3.05) is 0 Å². The molecule has 0 spiro atoms. The van der Waals surface area contributed by atoms with E-state index in [-0.39, 0.29) is 17.5 Å². The minimum absolute atomic E-state index is 0.0648. The van der Waals surface area contributed by atoms with Crippen LogP contribution in [0.1, 0.15) is 22.8 Å². The zero-order valence-corrected chi connectivity index (χ0v) is 12.1. The lowest BCUT2D eigenvalue weighted by molar-refractivity contribution is 0.173. The first-order chi connectivity index (χ1) is 9.38. The maximum absolute atomic E-state index is 13.7. The van der Waals surface area contributed by atoms with E-state index in [9.17, 15) is 13.9 Å². The van der Waals surface area contributed by atoms with Gasteiger partial charge in [0.05, 0.1) is 16.1 Å². The molecule has 0 aromatic heterocycles. The van der Waals surface area contributed by atoms with Crippen LogP contribution in [0.3, 0.4) is 0 Å². The Morgan fingerprint density at radius 3 is 2.40 bits per heavy atom. The molecular weight excluding hydrogens is 305 g/mol. The topological polar surface area (TPSA) is 20.2 Å². The largest absolute Gasteiger partial charge is 0.388 e. The molecule has 0 radical (unpaired) electrons. The number of aliphatic hydroxyl groups excluding tert-OH is 1. The summed E-state index contributed by atoms with van der Waals surface area (Å²) in [6, 6.07) is 7.01. The summed E-state index contributed by atoms with van der Waals surface area (Å²) < 4.78 is 26.9. The van der Waals surface area contributed by atoms with Crippen LogP contribution < -0.4 is 0 Å². The Labute approximate surface area is 125 Å². The number of benzene rings is 2. The summed E-state index contributed by atoms with van der Waals surface area (Å²) in [5.74, 6) is -1.39. The Morgan fingerprint density at radius 2 is 1.75 bits per heavy atom. The molecule has 2 aromatic rings. The number of halogens is 4. The molecule has 1 unspecified atom stereocenters. The molecule has 1 atom stereocenters. The van der Waals surface area contributed by atoms with Gasteiger partial charge in [-0.05, 0) is 36.2 Å². The number of rotatable bonds is 3. The summed E-state index contributed by atoms with van der Waals surface area (Å²) in [7, 11) is 0. The molecule has 0 amide bonds. The average molecular weight is 317 g/mol. The van der Waals surface area contributed by atoms with Crippen LogP contribution in [0.4, 0.5) is 8.78 Å². The van der Waals surface area contributed by atoms with Gasteiger partial charge in [0.15, 0.2) is 0 Å². The molecular formula is C15H12Cl2F2O. The fourth-order valence-corrected chi connectivity index (χ4v) is 2.26. The van der Waals surface area contributed by atoms with Gasteiger partial charge < -0.3 is 5.11 Å². The summed E-state index contributed by atoms with van der Waals surface area (Å²) in [6.45, 7) is 1.52. The molecule has 5 heteroatoms. The quantitative estimate of drug-likeness (QED) is 0.857. The van der Waals surface area contributed by atoms with Crippen molar-refractivity contribution in [1.82, 2.24) is 0 Å². The van der Waals surface area contributed by atoms with Gasteiger partial charge in [-0.25, -0.2) is 8.78 Å². The van der Waals surface area contributed by atoms with Crippen molar-refractivity contribution < 1.29 is 13.9 Å². The Kier molecular flexibility index (Phi) is 4.63. The minimum atomic E-state index is -1.08. The van der Waals surface area contributed by atoms with Crippen LogP contribution in [-0.4, -0.2) is 5.11 Å². The summed E-state index contributed by atoms with van der Waals surface area (Å²) in [5.41, 5.74) is 1.07. The van der Waals surface area contributed by atoms with Gasteiger partial charge in [0.1, 0.15) is 11.6 Å². The van der Waals surface area contributed by atoms with Crippen LogP contribution in [0.15, 0.2) is 30.3 Å². The summed E-state index contributed by atoms with van der Waals surface area (Å²) >= 11 is 11.7. The SMILES string of the molecule is Cc1cc(C(O)Cc2ccc(Cl)c(Cl)c2)c(F)cc1F. The van der Waals surface area contributed by atoms with E-state index in [1.165, 1.54) is 13.0 Å². The Bertz CT molecular complexity index is 644. The molecule has 0 bridgehead atoms. The number of aryl methyl sites for hydroxylation is 1. The van der Waals surface area contributed by atoms with E-state index in [2.05, 4.69) is 0 Å². The van der Waals surface area contributed by atoms with Crippen LogP contribution in [-0.2, 0) is 6.42 Å². The lowest BCUT2D eigenvalue weighted by Gasteiger charge is -2.14. The maximum atomic E-state index is 13.7. The number of aliphatic hydroxyl groups is 1. The molecule has 0 heterocycles. The highest BCUT2D eigenvalue weighted by Crippen LogP contribution is 2.27. The first-order valence-corrected chi connectivity index (χ1v) is 6.71. The van der Waals surface area contributed by atoms with Crippen LogP contribution in [0.25, 0.3) is 0 Å². The molecule has 0 saturated carbocycles. The van der Waals surface area contributed by atoms with Crippen molar-refractivity contribution in [3.8, 4) is 0 Å². The van der Waals surface area contributed by atoms with E-state index in [1.54, 1.807) is 18.2 Å². The average Bonchev–Trinajstić information content (AvgIpc) is 2.38. The summed E-state index contributed by atoms with van der Waals surface area (Å²) in [4.78, 5) is 0. The minimum Gasteiger partial charge on any atom is -0.388 e. The highest BCUT2D eigenvalue weighted by Gasteiger charge is 2.16. The van der Waals surface area contributed by atoms with Crippen molar-refractivity contribution in [2.24, 2.45) is 0 Å². The first kappa shape index (κ1) is 15.2. The van der Waals surface area contributed by atoms with E-state index in [1.807, 2.05) is 0 Å². The van der Waals surface area contributed by atoms with Gasteiger partial charge >= 0.3 is 0 Å². The second-order valence-electron chi connectivity index (χ2n) is 4.59. The molecule has 0 aliphatic rings. The molecule has 0 aliphatic carbocycles. The van der Waals surface area contributed by atoms with Crippen molar-refractivity contribution >= 4 is 23.2 Å². The van der Waals surface area contributed by atoms with Gasteiger partial charge in [-0.15, -0.1) is 0 Å². The molecule has 0 aliphatic heterocycles. The lowest BCUT2D eigenvalue weighted by atomic mass is 9.99. The predicted molar refractivity (Wildman–Crippen MR) is 76.2 cm³/mol. The number of hydrogen-bond donors (Lipinski definition) is 1. The van der Waals surface area contributed by atoms with Gasteiger partial charge in [-0.1, -0.05) is 29.3 Å². The van der Waals surface area contributed by atoms with Crippen LogP contribution in [0, 0.1) is 18.6 Å². The van der Waals surface area contributed by atoms with Crippen molar-refractivity contribution in [1.29, 1.82) is 0 Å². The second-order valence-corrected chi connectivity index (χ2v) is 5.41. The zero-order chi connectivity index (χ0) is 14.9. The lowest BCUT2D eigenvalue weighted by Crippen LogP contribution is -2.06. The summed E-state index contributed by atoms with van der Waals surface area (Å²) in [6.07, 6.45) is -0.912. The van der Waals surface area contributed by atoms with Crippen LogP contribution in [0.5, 0.6) is 0 Å². The zero-order valence-electron chi connectivity index (χ0n) is 10.6. The van der Waals surface area contributed by atoms with E-state index >= 15 is 0 Å². The van der Waals surface area contributed by atoms with Gasteiger partial charge in [-0.2, -0.15) is 0 Å². The Balaban J connectivity index is 2.25. The fraction of sp³-hybridized carbons (Fsp3) is 0.200. The van der Waals surface area contributed by atoms with Gasteiger partial charge in [0.25, 0.3) is 0 Å². The molecule has 2 rings (SSSR count). The number of hydrogen-bond acceptors (Lipinski definition) is 1. The molecule has 1 nitrogen and oxygen atoms in total. The summed E-state index contributed by atoms with van der Waals surface area (Å²) in [5, 5.41) is 10.9. The van der Waals surface area contributed by atoms with Crippen molar-refractivity contribution in [3.05, 3.63) is 68.7 Å². The standard InChI is InChI=1S/C15H12Cl2F2O/c1-8-4-10(14(19)7-13(8)18)15(20)6-9-2-3-11(16)12(17)5-9/h2-5,7,15,20H,6H2,1H3. The Hall–Kier alpha value is -1.16. The molecule has 0 fully saturated rings. The normalized spacial score (nSPS) is 12.5. The molecule has 106 valence electrons.